The van der Waals surface area contributed by atoms with Crippen molar-refractivity contribution in [2.45, 2.75) is 50.7 Å². The van der Waals surface area contributed by atoms with Crippen LogP contribution in [0.15, 0.2) is 23.0 Å². The van der Waals surface area contributed by atoms with Gasteiger partial charge in [0.05, 0.1) is 18.6 Å². The molecule has 1 aliphatic rings. The third kappa shape index (κ3) is 4.90. The molecule has 0 aromatic carbocycles. The molecule has 1 unspecified atom stereocenters. The summed E-state index contributed by atoms with van der Waals surface area (Å²) in [6.07, 6.45) is 7.86. The van der Waals surface area contributed by atoms with Crippen LogP contribution in [-0.4, -0.2) is 29.5 Å². The van der Waals surface area contributed by atoms with Gasteiger partial charge in [-0.15, -0.1) is 0 Å². The first-order chi connectivity index (χ1) is 10.2. The van der Waals surface area contributed by atoms with Crippen molar-refractivity contribution in [1.29, 1.82) is 0 Å². The standard InChI is InChI=1S/C15H22N2O4/c18-13(11-7-9-21-10-11)6-8-16-14(19)15(20)17-12-4-2-1-3-5-12/h7,9-10,12-13,18H,1-6,8H2,(H,16,19)(H,17,20). The Hall–Kier alpha value is -1.82. The summed E-state index contributed by atoms with van der Waals surface area (Å²) >= 11 is 0. The molecule has 0 radical (unpaired) electrons. The van der Waals surface area contributed by atoms with Crippen LogP contribution >= 0.6 is 0 Å². The lowest BCUT2D eigenvalue weighted by Crippen LogP contribution is -2.45. The number of aliphatic hydroxyl groups is 1. The van der Waals surface area contributed by atoms with E-state index in [0.717, 1.165) is 25.7 Å². The van der Waals surface area contributed by atoms with E-state index in [9.17, 15) is 14.7 Å². The molecular formula is C15H22N2O4. The van der Waals surface area contributed by atoms with Gasteiger partial charge in [0.25, 0.3) is 0 Å². The van der Waals surface area contributed by atoms with Gasteiger partial charge in [0.1, 0.15) is 0 Å². The fraction of sp³-hybridized carbons (Fsp3) is 0.600. The molecule has 21 heavy (non-hydrogen) atoms. The first-order valence-corrected chi connectivity index (χ1v) is 7.45. The number of carbonyl (C=O) groups excluding carboxylic acids is 2. The lowest BCUT2D eigenvalue weighted by atomic mass is 9.95. The van der Waals surface area contributed by atoms with E-state index < -0.39 is 17.9 Å². The Morgan fingerprint density at radius 1 is 1.29 bits per heavy atom. The quantitative estimate of drug-likeness (QED) is 0.713. The average Bonchev–Trinajstić information content (AvgIpc) is 3.02. The molecule has 0 aliphatic heterocycles. The highest BCUT2D eigenvalue weighted by atomic mass is 16.3. The molecule has 1 aromatic heterocycles. The number of hydrogen-bond acceptors (Lipinski definition) is 4. The van der Waals surface area contributed by atoms with E-state index in [2.05, 4.69) is 10.6 Å². The second-order valence-electron chi connectivity index (χ2n) is 5.43. The zero-order valence-electron chi connectivity index (χ0n) is 12.0. The Labute approximate surface area is 123 Å². The van der Waals surface area contributed by atoms with Gasteiger partial charge in [-0.3, -0.25) is 9.59 Å². The van der Waals surface area contributed by atoms with Crippen molar-refractivity contribution in [3.8, 4) is 0 Å². The molecule has 2 amide bonds. The molecule has 6 heteroatoms. The summed E-state index contributed by atoms with van der Waals surface area (Å²) in [5.41, 5.74) is 0.663. The molecule has 0 spiro atoms. The zero-order chi connectivity index (χ0) is 15.1. The SMILES string of the molecule is O=C(NCCC(O)c1ccoc1)C(=O)NC1CCCCC1. The summed E-state index contributed by atoms with van der Waals surface area (Å²) in [6.45, 7) is 0.239. The van der Waals surface area contributed by atoms with Gasteiger partial charge in [-0.25, -0.2) is 0 Å². The second-order valence-corrected chi connectivity index (χ2v) is 5.43. The van der Waals surface area contributed by atoms with Gasteiger partial charge in [-0.05, 0) is 25.3 Å². The number of nitrogens with one attached hydrogen (secondary N) is 2. The van der Waals surface area contributed by atoms with Gasteiger partial charge in [-0.2, -0.15) is 0 Å². The van der Waals surface area contributed by atoms with Crippen LogP contribution in [0.4, 0.5) is 0 Å². The smallest absolute Gasteiger partial charge is 0.309 e. The summed E-state index contributed by atoms with van der Waals surface area (Å²) < 4.78 is 4.87. The maximum absolute atomic E-state index is 11.7. The van der Waals surface area contributed by atoms with Gasteiger partial charge in [0.15, 0.2) is 0 Å². The van der Waals surface area contributed by atoms with Crippen molar-refractivity contribution in [3.63, 3.8) is 0 Å². The van der Waals surface area contributed by atoms with Crippen molar-refractivity contribution < 1.29 is 19.1 Å². The van der Waals surface area contributed by atoms with Gasteiger partial charge >= 0.3 is 11.8 Å². The maximum atomic E-state index is 11.7. The summed E-state index contributed by atoms with van der Waals surface area (Å²) in [7, 11) is 0. The summed E-state index contributed by atoms with van der Waals surface area (Å²) in [4.78, 5) is 23.4. The van der Waals surface area contributed by atoms with E-state index in [1.165, 1.54) is 18.9 Å². The Morgan fingerprint density at radius 2 is 2.05 bits per heavy atom. The van der Waals surface area contributed by atoms with Crippen LogP contribution in [0, 0.1) is 0 Å². The Morgan fingerprint density at radius 3 is 2.71 bits per heavy atom. The van der Waals surface area contributed by atoms with Crippen LogP contribution < -0.4 is 10.6 Å². The van der Waals surface area contributed by atoms with Crippen LogP contribution in [0.2, 0.25) is 0 Å². The van der Waals surface area contributed by atoms with Crippen LogP contribution in [0.3, 0.4) is 0 Å². The predicted octanol–water partition coefficient (Wildman–Crippen LogP) is 1.27. The molecule has 1 heterocycles. The summed E-state index contributed by atoms with van der Waals surface area (Å²) in [6, 6.07) is 1.79. The van der Waals surface area contributed by atoms with E-state index in [1.807, 2.05) is 0 Å². The minimum Gasteiger partial charge on any atom is -0.472 e. The van der Waals surface area contributed by atoms with Gasteiger partial charge in [-0.1, -0.05) is 19.3 Å². The lowest BCUT2D eigenvalue weighted by molar-refractivity contribution is -0.139. The molecule has 2 rings (SSSR count). The molecule has 1 saturated carbocycles. The van der Waals surface area contributed by atoms with Crippen LogP contribution in [0.25, 0.3) is 0 Å². The van der Waals surface area contributed by atoms with E-state index in [0.29, 0.717) is 12.0 Å². The molecule has 1 aromatic rings. The monoisotopic (exact) mass is 294 g/mol. The highest BCUT2D eigenvalue weighted by Gasteiger charge is 2.20. The first kappa shape index (κ1) is 15.6. The number of carbonyl (C=O) groups is 2. The normalized spacial score (nSPS) is 17.2. The van der Waals surface area contributed by atoms with E-state index in [4.69, 9.17) is 4.42 Å². The molecule has 1 aliphatic carbocycles. The topological polar surface area (TPSA) is 91.6 Å². The number of hydrogen-bond donors (Lipinski definition) is 3. The van der Waals surface area contributed by atoms with Crippen molar-refractivity contribution in [2.75, 3.05) is 6.54 Å². The van der Waals surface area contributed by atoms with Crippen molar-refractivity contribution in [3.05, 3.63) is 24.2 Å². The van der Waals surface area contributed by atoms with Gasteiger partial charge in [0.2, 0.25) is 0 Å². The minimum atomic E-state index is -0.703. The highest BCUT2D eigenvalue weighted by molar-refractivity contribution is 6.35. The lowest BCUT2D eigenvalue weighted by Gasteiger charge is -2.22. The molecular weight excluding hydrogens is 272 g/mol. The maximum Gasteiger partial charge on any atom is 0.309 e. The van der Waals surface area contributed by atoms with Crippen molar-refractivity contribution in [2.24, 2.45) is 0 Å². The fourth-order valence-corrected chi connectivity index (χ4v) is 2.53. The molecule has 0 saturated heterocycles. The largest absolute Gasteiger partial charge is 0.472 e. The van der Waals surface area contributed by atoms with Crippen LogP contribution in [0.1, 0.15) is 50.2 Å². The fourth-order valence-electron chi connectivity index (χ4n) is 2.53. The van der Waals surface area contributed by atoms with Crippen LogP contribution in [0.5, 0.6) is 0 Å². The first-order valence-electron chi connectivity index (χ1n) is 7.45. The molecule has 116 valence electrons. The van der Waals surface area contributed by atoms with Crippen molar-refractivity contribution in [1.82, 2.24) is 10.6 Å². The van der Waals surface area contributed by atoms with E-state index in [-0.39, 0.29) is 12.6 Å². The second kappa shape index (κ2) is 7.83. The number of furan rings is 1. The Bertz CT molecular complexity index is 452. The molecule has 6 nitrogen and oxygen atoms in total. The molecule has 1 fully saturated rings. The number of amides is 2. The summed E-state index contributed by atoms with van der Waals surface area (Å²) in [5, 5.41) is 15.1. The average molecular weight is 294 g/mol. The number of rotatable bonds is 5. The van der Waals surface area contributed by atoms with Crippen molar-refractivity contribution >= 4 is 11.8 Å². The van der Waals surface area contributed by atoms with E-state index in [1.54, 1.807) is 6.07 Å². The molecule has 3 N–H and O–H groups in total. The van der Waals surface area contributed by atoms with Gasteiger partial charge < -0.3 is 20.2 Å². The minimum absolute atomic E-state index is 0.119. The van der Waals surface area contributed by atoms with Gasteiger partial charge in [0, 0.05) is 18.2 Å². The third-order valence-electron chi connectivity index (χ3n) is 3.78. The Balaban J connectivity index is 1.65. The number of aliphatic hydroxyl groups excluding tert-OH is 1. The molecule has 1 atom stereocenters. The highest BCUT2D eigenvalue weighted by Crippen LogP contribution is 2.17. The third-order valence-corrected chi connectivity index (χ3v) is 3.78. The van der Waals surface area contributed by atoms with Crippen LogP contribution in [-0.2, 0) is 9.59 Å². The van der Waals surface area contributed by atoms with E-state index >= 15 is 0 Å². The Kier molecular flexibility index (Phi) is 5.80. The molecule has 0 bridgehead atoms. The predicted molar refractivity (Wildman–Crippen MR) is 76.3 cm³/mol. The zero-order valence-corrected chi connectivity index (χ0v) is 12.0. The summed E-state index contributed by atoms with van der Waals surface area (Å²) in [5.74, 6) is -1.22.